The van der Waals surface area contributed by atoms with Crippen LogP contribution in [0, 0.1) is 0 Å². The average molecular weight is 210 g/mol. The fourth-order valence-corrected chi connectivity index (χ4v) is 2.09. The lowest BCUT2D eigenvalue weighted by Crippen LogP contribution is -2.48. The van der Waals surface area contributed by atoms with Gasteiger partial charge in [0.05, 0.1) is 0 Å². The summed E-state index contributed by atoms with van der Waals surface area (Å²) >= 11 is 0. The first-order valence-electron chi connectivity index (χ1n) is 5.47. The Morgan fingerprint density at radius 3 is 3.40 bits per heavy atom. The molecule has 0 aromatic rings. The van der Waals surface area contributed by atoms with Crippen LogP contribution in [0.5, 0.6) is 0 Å². The summed E-state index contributed by atoms with van der Waals surface area (Å²) in [4.78, 5) is 0. The second-order valence-corrected chi connectivity index (χ2v) is 4.28. The Balaban J connectivity index is 2.00. The summed E-state index contributed by atoms with van der Waals surface area (Å²) in [6.07, 6.45) is 6.54. The molecule has 2 rings (SSSR count). The zero-order chi connectivity index (χ0) is 10.7. The maximum Gasteiger partial charge on any atom is 0.134 e. The van der Waals surface area contributed by atoms with Crippen LogP contribution in [-0.4, -0.2) is 24.9 Å². The van der Waals surface area contributed by atoms with Crippen LogP contribution in [0.4, 0.5) is 0 Å². The summed E-state index contributed by atoms with van der Waals surface area (Å²) in [5.74, 6) is 0.860. The van der Waals surface area contributed by atoms with Gasteiger partial charge in [-0.15, -0.1) is 0 Å². The lowest BCUT2D eigenvalue weighted by atomic mass is 9.87. The van der Waals surface area contributed by atoms with Gasteiger partial charge in [0.2, 0.25) is 0 Å². The van der Waals surface area contributed by atoms with Crippen LogP contribution in [0.25, 0.3) is 0 Å². The molecule has 0 amide bonds. The molecule has 1 saturated heterocycles. The van der Waals surface area contributed by atoms with Crippen molar-refractivity contribution < 1.29 is 14.2 Å². The Hall–Kier alpha value is -0.960. The van der Waals surface area contributed by atoms with E-state index in [1.165, 1.54) is 0 Å². The fraction of sp³-hybridized carbons (Fsp3) is 0.667. The predicted octanol–water partition coefficient (Wildman–Crippen LogP) is 2.39. The average Bonchev–Trinajstić information content (AvgIpc) is 2.26. The number of rotatable bonds is 3. The first kappa shape index (κ1) is 10.6. The van der Waals surface area contributed by atoms with E-state index in [9.17, 15) is 0 Å². The lowest BCUT2D eigenvalue weighted by molar-refractivity contribution is -0.155. The maximum atomic E-state index is 5.73. The first-order chi connectivity index (χ1) is 7.24. The summed E-state index contributed by atoms with van der Waals surface area (Å²) in [6.45, 7) is 7.08. The van der Waals surface area contributed by atoms with E-state index in [1.807, 2.05) is 0 Å². The third-order valence-corrected chi connectivity index (χ3v) is 3.05. The molecule has 84 valence electrons. The molecule has 2 aliphatic heterocycles. The molecule has 0 N–H and O–H groups in total. The fourth-order valence-electron chi connectivity index (χ4n) is 2.09. The molecule has 2 heterocycles. The molecular weight excluding hydrogens is 192 g/mol. The van der Waals surface area contributed by atoms with Gasteiger partial charge in [-0.25, -0.2) is 0 Å². The molecule has 0 aliphatic carbocycles. The number of ether oxygens (including phenoxy) is 3. The molecular formula is C12H18O3. The van der Waals surface area contributed by atoms with Crippen LogP contribution in [0.3, 0.4) is 0 Å². The zero-order valence-electron chi connectivity index (χ0n) is 9.20. The molecule has 2 aliphatic rings. The molecule has 2 atom stereocenters. The van der Waals surface area contributed by atoms with Crippen molar-refractivity contribution in [1.82, 2.24) is 0 Å². The Bertz CT molecular complexity index is 272. The summed E-state index contributed by atoms with van der Waals surface area (Å²) in [5, 5.41) is 0. The zero-order valence-corrected chi connectivity index (χ0v) is 9.20. The minimum Gasteiger partial charge on any atom is -0.491 e. The van der Waals surface area contributed by atoms with Gasteiger partial charge in [0.25, 0.3) is 0 Å². The molecule has 0 aromatic heterocycles. The van der Waals surface area contributed by atoms with Gasteiger partial charge in [-0.3, -0.25) is 0 Å². The first-order valence-corrected chi connectivity index (χ1v) is 5.47. The van der Waals surface area contributed by atoms with E-state index < -0.39 is 0 Å². The Morgan fingerprint density at radius 1 is 1.73 bits per heavy atom. The van der Waals surface area contributed by atoms with E-state index in [2.05, 4.69) is 13.5 Å². The maximum absolute atomic E-state index is 5.73. The van der Waals surface area contributed by atoms with E-state index >= 15 is 0 Å². The van der Waals surface area contributed by atoms with Crippen LogP contribution in [-0.2, 0) is 14.2 Å². The van der Waals surface area contributed by atoms with E-state index in [-0.39, 0.29) is 11.7 Å². The van der Waals surface area contributed by atoms with Crippen molar-refractivity contribution in [2.75, 3.05) is 13.2 Å². The largest absolute Gasteiger partial charge is 0.491 e. The minimum atomic E-state index is -0.153. The van der Waals surface area contributed by atoms with Gasteiger partial charge in [0.15, 0.2) is 0 Å². The van der Waals surface area contributed by atoms with Crippen LogP contribution in [0.15, 0.2) is 24.7 Å². The van der Waals surface area contributed by atoms with E-state index in [4.69, 9.17) is 14.2 Å². The Kier molecular flexibility index (Phi) is 3.00. The predicted molar refractivity (Wildman–Crippen MR) is 57.3 cm³/mol. The second-order valence-electron chi connectivity index (χ2n) is 4.28. The normalized spacial score (nSPS) is 34.7. The topological polar surface area (TPSA) is 27.7 Å². The van der Waals surface area contributed by atoms with Gasteiger partial charge in [0.1, 0.15) is 30.3 Å². The van der Waals surface area contributed by atoms with Crippen molar-refractivity contribution in [2.45, 2.75) is 37.9 Å². The molecule has 1 fully saturated rings. The van der Waals surface area contributed by atoms with Crippen molar-refractivity contribution >= 4 is 0 Å². The second kappa shape index (κ2) is 4.27. The molecule has 15 heavy (non-hydrogen) atoms. The quantitative estimate of drug-likeness (QED) is 0.669. The minimum absolute atomic E-state index is 0.135. The van der Waals surface area contributed by atoms with E-state index in [1.54, 1.807) is 12.3 Å². The van der Waals surface area contributed by atoms with Crippen molar-refractivity contribution in [1.29, 1.82) is 0 Å². The lowest BCUT2D eigenvalue weighted by Gasteiger charge is -2.43. The monoisotopic (exact) mass is 210 g/mol. The number of hydrogen-bond acceptors (Lipinski definition) is 3. The van der Waals surface area contributed by atoms with Gasteiger partial charge in [-0.05, 0) is 19.8 Å². The molecule has 3 nitrogen and oxygen atoms in total. The van der Waals surface area contributed by atoms with Crippen LogP contribution < -0.4 is 0 Å². The third-order valence-electron chi connectivity index (χ3n) is 3.05. The highest BCUT2D eigenvalue weighted by atomic mass is 16.6. The number of hydrogen-bond donors (Lipinski definition) is 0. The highest BCUT2D eigenvalue weighted by Gasteiger charge is 2.42. The van der Waals surface area contributed by atoms with Gasteiger partial charge < -0.3 is 14.2 Å². The molecule has 0 unspecified atom stereocenters. The Labute approximate surface area is 90.7 Å². The van der Waals surface area contributed by atoms with Gasteiger partial charge in [-0.2, -0.15) is 0 Å². The summed E-state index contributed by atoms with van der Waals surface area (Å²) < 4.78 is 16.9. The molecule has 0 saturated carbocycles. The molecule has 0 spiro atoms. The SMILES string of the molecule is C=CCOC1=CO[C@]2(C)CCCO[C@H]2C1. The molecule has 0 bridgehead atoms. The van der Waals surface area contributed by atoms with Crippen molar-refractivity contribution in [3.63, 3.8) is 0 Å². The van der Waals surface area contributed by atoms with E-state index in [0.717, 1.165) is 31.6 Å². The van der Waals surface area contributed by atoms with Crippen molar-refractivity contribution in [3.05, 3.63) is 24.7 Å². The summed E-state index contributed by atoms with van der Waals surface area (Å²) in [6, 6.07) is 0. The van der Waals surface area contributed by atoms with Gasteiger partial charge in [0, 0.05) is 13.0 Å². The summed E-state index contributed by atoms with van der Waals surface area (Å²) in [5.41, 5.74) is -0.153. The standard InChI is InChI=1S/C12H18O3/c1-3-6-13-10-8-11-12(2,15-9-10)5-4-7-14-11/h3,9,11H,1,4-8H2,2H3/t11-,12+/m0/s1. The summed E-state index contributed by atoms with van der Waals surface area (Å²) in [7, 11) is 0. The van der Waals surface area contributed by atoms with Crippen LogP contribution in [0.2, 0.25) is 0 Å². The highest BCUT2D eigenvalue weighted by Crippen LogP contribution is 2.36. The highest BCUT2D eigenvalue weighted by molar-refractivity contribution is 5.04. The van der Waals surface area contributed by atoms with Crippen molar-refractivity contribution in [2.24, 2.45) is 0 Å². The van der Waals surface area contributed by atoms with Gasteiger partial charge >= 0.3 is 0 Å². The smallest absolute Gasteiger partial charge is 0.134 e. The Morgan fingerprint density at radius 2 is 2.60 bits per heavy atom. The molecule has 0 aromatic carbocycles. The van der Waals surface area contributed by atoms with E-state index in [0.29, 0.717) is 6.61 Å². The van der Waals surface area contributed by atoms with Crippen LogP contribution in [0.1, 0.15) is 26.2 Å². The molecule has 3 heteroatoms. The molecule has 0 radical (unpaired) electrons. The van der Waals surface area contributed by atoms with Crippen molar-refractivity contribution in [3.8, 4) is 0 Å². The van der Waals surface area contributed by atoms with Gasteiger partial charge in [-0.1, -0.05) is 12.7 Å². The van der Waals surface area contributed by atoms with Crippen LogP contribution >= 0.6 is 0 Å². The third kappa shape index (κ3) is 2.17. The number of fused-ring (bicyclic) bond motifs is 1.